The molecule has 148 heavy (non-hydrogen) atoms. The minimum Gasteiger partial charge on any atom is -0.496 e. The number of aryl methyl sites for hydroxylation is 11. The van der Waals surface area contributed by atoms with E-state index in [-0.39, 0.29) is 68.7 Å². The second-order valence-corrected chi connectivity index (χ2v) is 35.0. The molecule has 7 heterocycles. The van der Waals surface area contributed by atoms with Crippen LogP contribution < -0.4 is 9.47 Å². The number of ether oxygens (including phenoxy) is 2. The molecule has 0 atom stereocenters. The first-order valence-corrected chi connectivity index (χ1v) is 46.5. The zero-order chi connectivity index (χ0) is 108. The third-order valence-corrected chi connectivity index (χ3v) is 23.1. The molecule has 14 aromatic rings. The molecule has 0 saturated carbocycles. The monoisotopic (exact) mass is 2080 g/mol. The van der Waals surface area contributed by atoms with E-state index in [4.69, 9.17) is 68.4 Å². The molecule has 776 valence electrons. The third-order valence-electron chi connectivity index (χ3n) is 22.6. The van der Waals surface area contributed by atoms with Gasteiger partial charge in [-0.1, -0.05) is 112 Å². The van der Waals surface area contributed by atoms with Gasteiger partial charge in [0.15, 0.2) is 40.5 Å². The lowest BCUT2D eigenvalue weighted by molar-refractivity contribution is -0.138. The van der Waals surface area contributed by atoms with E-state index in [0.717, 1.165) is 76.2 Å². The smallest absolute Gasteiger partial charge is 0.416 e. The fourth-order valence-corrected chi connectivity index (χ4v) is 14.6. The molecule has 7 aromatic heterocycles. The van der Waals surface area contributed by atoms with Gasteiger partial charge in [-0.05, 0) is 181 Å². The molecule has 0 spiro atoms. The molecule has 0 aliphatic carbocycles. The maximum Gasteiger partial charge on any atom is 0.416 e. The lowest BCUT2D eigenvalue weighted by Gasteiger charge is -2.25. The number of aliphatic hydroxyl groups is 7. The normalized spacial score (nSPS) is 10.9. The molecule has 7 aromatic carbocycles. The van der Waals surface area contributed by atoms with Crippen LogP contribution in [0.4, 0.5) is 35.1 Å². The van der Waals surface area contributed by atoms with Gasteiger partial charge in [0.05, 0.1) is 63.7 Å². The van der Waals surface area contributed by atoms with E-state index >= 15 is 0 Å². The minimum atomic E-state index is -4.64. The summed E-state index contributed by atoms with van der Waals surface area (Å²) in [6.07, 6.45) is 21.3. The van der Waals surface area contributed by atoms with Gasteiger partial charge in [0.1, 0.15) is 128 Å². The molecule has 40 heteroatoms. The van der Waals surface area contributed by atoms with Gasteiger partial charge in [0.25, 0.3) is 0 Å². The number of hydrogen-bond acceptors (Lipinski definition) is 30. The van der Waals surface area contributed by atoms with Gasteiger partial charge >= 0.3 is 6.18 Å². The number of methoxy groups -OCH3 is 2. The third kappa shape index (κ3) is 37.3. The highest BCUT2D eigenvalue weighted by atomic mass is 35.5. The van der Waals surface area contributed by atoms with Crippen molar-refractivity contribution in [1.82, 2.24) is 69.8 Å². The van der Waals surface area contributed by atoms with Crippen molar-refractivity contribution >= 4 is 63.7 Å². The average molecular weight is 2080 g/mol. The number of aliphatic hydroxyl groups excluding tert-OH is 7. The first-order chi connectivity index (χ1) is 70.6. The van der Waals surface area contributed by atoms with Crippen molar-refractivity contribution in [2.24, 2.45) is 0 Å². The standard InChI is InChI=1S/C16H16F2N2O2.C16H17FN2O2.C16H18N2O4.C16H18N2O2.C15H15ClN2O2.C15H12F4N2O2.C14H12ClFN2O2/c1-16(2,12-4-3-11(17)5-13(12)18)6-15-19-7-10(8-20-15)14(22)9-21;1-16(2,12-3-5-13(17)6-4-12)7-15-18-8-11(9-19-15)14(21)10-20;1-21-14-4-3-5-15(22-2)12(14)6-7-16-17-8-11(9-18-16)13(20)10-19;1-11-4-3-5-12(2)14(11)6-7-16-17-8-13(9-18-16)15(20)10-19;1-10-6-13(16)4-2-11(10)3-5-15-17-7-12(8-18-15)14(20)9-19;16-11-3-1-9(12(5-11)15(17,18)19)2-4-14-20-6-10(7-21-14)13(23)8-22;15-11-5-9(1-3-12(11)16)2-4-14-17-6-10(7-18-14)13(20)8-19/h3-5,7-8,21H,6,9H2,1-2H3;3-6,8-9,20H,7,10H2,1-2H3;3-5,8-9,19H,6-7,10H2,1-2H3;3-5,8-9,19H,6-7,10H2,1-2H3;2,4,6-8,19H,3,5,9H2,1H3;1,3,5-7,22H,2,4,8H2;1,3,5-7,19H,2,4,8H2. The topological polar surface area (TPSA) is 460 Å². The summed E-state index contributed by atoms with van der Waals surface area (Å²) in [5, 5.41) is 62.1. The Labute approximate surface area is 857 Å². The van der Waals surface area contributed by atoms with Crippen molar-refractivity contribution in [3.63, 3.8) is 0 Å². The summed E-state index contributed by atoms with van der Waals surface area (Å²) in [7, 11) is 3.23. The Morgan fingerprint density at radius 3 is 0.973 bits per heavy atom. The van der Waals surface area contributed by atoms with Gasteiger partial charge in [0, 0.05) is 148 Å². The summed E-state index contributed by atoms with van der Waals surface area (Å²) in [5.41, 5.74) is 9.34. The zero-order valence-electron chi connectivity index (χ0n) is 82.1. The summed E-state index contributed by atoms with van der Waals surface area (Å²) in [4.78, 5) is 136. The van der Waals surface area contributed by atoms with Crippen LogP contribution in [0.3, 0.4) is 0 Å². The van der Waals surface area contributed by atoms with Crippen LogP contribution in [0, 0.1) is 49.9 Å². The van der Waals surface area contributed by atoms with E-state index in [1.807, 2.05) is 57.2 Å². The molecule has 7 N–H and O–H groups in total. The van der Waals surface area contributed by atoms with E-state index in [0.29, 0.717) is 114 Å². The van der Waals surface area contributed by atoms with Crippen LogP contribution in [0.25, 0.3) is 0 Å². The fourth-order valence-electron chi connectivity index (χ4n) is 14.2. The highest BCUT2D eigenvalue weighted by Gasteiger charge is 2.34. The van der Waals surface area contributed by atoms with Crippen LogP contribution in [0.2, 0.25) is 10.0 Å². The average Bonchev–Trinajstić information content (AvgIpc) is 0.799. The first-order valence-electron chi connectivity index (χ1n) is 45.7. The largest absolute Gasteiger partial charge is 0.496 e. The zero-order valence-corrected chi connectivity index (χ0v) is 83.6. The Morgan fingerprint density at radius 2 is 0.622 bits per heavy atom. The number of ketones is 7. The Hall–Kier alpha value is -14.9. The van der Waals surface area contributed by atoms with E-state index in [9.17, 15) is 68.7 Å². The number of alkyl halides is 3. The van der Waals surface area contributed by atoms with Gasteiger partial charge in [-0.3, -0.25) is 33.6 Å². The lowest BCUT2D eigenvalue weighted by atomic mass is 9.81. The predicted octanol–water partition coefficient (Wildman–Crippen LogP) is 15.5. The maximum atomic E-state index is 13.9. The van der Waals surface area contributed by atoms with Crippen molar-refractivity contribution in [3.05, 3.63) is 400 Å². The van der Waals surface area contributed by atoms with Crippen LogP contribution in [0.1, 0.15) is 202 Å². The van der Waals surface area contributed by atoms with Crippen molar-refractivity contribution in [1.29, 1.82) is 0 Å². The van der Waals surface area contributed by atoms with Crippen molar-refractivity contribution in [2.45, 2.75) is 143 Å². The Bertz CT molecular complexity index is 6720. The molecular weight excluding hydrogens is 1970 g/mol. The number of carbonyl (C=O) groups is 7. The van der Waals surface area contributed by atoms with Crippen LogP contribution in [-0.2, 0) is 94.1 Å². The lowest BCUT2D eigenvalue weighted by Crippen LogP contribution is -2.23. The molecule has 0 aliphatic rings. The minimum absolute atomic E-state index is 0.0254. The van der Waals surface area contributed by atoms with Crippen molar-refractivity contribution in [3.8, 4) is 11.5 Å². The van der Waals surface area contributed by atoms with Crippen molar-refractivity contribution < 1.29 is 114 Å². The SMILES string of the molecule is CC(C)(Cc1ncc(C(=O)CO)cn1)c1ccc(F)cc1.CC(C)(Cc1ncc(C(=O)CO)cn1)c1ccc(F)cc1F.COc1cccc(OC)c1CCc1ncc(C(=O)CO)cn1.Cc1cc(Cl)ccc1CCc1ncc(C(=O)CO)cn1.Cc1cccc(C)c1CCc1ncc(C(=O)CO)cn1.O=C(CO)c1cnc(CCc2ccc(F)c(Cl)c2)nc1.O=C(CO)c1cnc(CCc2ccc(F)cc2C(F)(F)F)nc1. The first kappa shape index (κ1) is 118. The molecule has 30 nitrogen and oxygen atoms in total. The number of carbonyl (C=O) groups excluding carboxylic acids is 7. The van der Waals surface area contributed by atoms with Gasteiger partial charge in [-0.2, -0.15) is 13.2 Å². The van der Waals surface area contributed by atoms with Gasteiger partial charge in [-0.15, -0.1) is 0 Å². The highest BCUT2D eigenvalue weighted by Crippen LogP contribution is 2.35. The fraction of sp³-hybridized carbons (Fsp3) is 0.287. The Kier molecular flexibility index (Phi) is 46.8. The summed E-state index contributed by atoms with van der Waals surface area (Å²) in [6, 6.07) is 34.6. The van der Waals surface area contributed by atoms with Gasteiger partial charge < -0.3 is 45.2 Å². The Balaban J connectivity index is 0.000000211. The maximum absolute atomic E-state index is 13.9. The molecule has 0 unspecified atom stereocenters. The van der Waals surface area contributed by atoms with Crippen LogP contribution >= 0.6 is 23.2 Å². The molecule has 0 amide bonds. The predicted molar refractivity (Wildman–Crippen MR) is 532 cm³/mol. The second-order valence-electron chi connectivity index (χ2n) is 34.2. The summed E-state index contributed by atoms with van der Waals surface area (Å²) in [5.74, 6) is -0.492. The second kappa shape index (κ2) is 58.5. The van der Waals surface area contributed by atoms with Gasteiger partial charge in [0.2, 0.25) is 0 Å². The number of nitrogens with zero attached hydrogens (tertiary/aromatic N) is 14. The highest BCUT2D eigenvalue weighted by molar-refractivity contribution is 6.31. The molecule has 0 radical (unpaired) electrons. The Morgan fingerprint density at radius 1 is 0.304 bits per heavy atom. The summed E-state index contributed by atoms with van der Waals surface area (Å²) < 4.78 is 115. The molecule has 0 aliphatic heterocycles. The number of aromatic nitrogens is 14. The number of hydrogen-bond donors (Lipinski definition) is 7. The molecule has 14 rings (SSSR count). The van der Waals surface area contributed by atoms with E-state index in [2.05, 4.69) is 102 Å². The summed E-state index contributed by atoms with van der Waals surface area (Å²) in [6.45, 7) is 9.93. The molecule has 0 fully saturated rings. The molecule has 0 saturated heterocycles. The van der Waals surface area contributed by atoms with E-state index in [1.165, 1.54) is 139 Å². The van der Waals surface area contributed by atoms with E-state index in [1.54, 1.807) is 52.3 Å². The number of halogens is 10. The quantitative estimate of drug-likeness (QED) is 0.0140. The number of rotatable bonds is 37. The molecule has 0 bridgehead atoms. The summed E-state index contributed by atoms with van der Waals surface area (Å²) >= 11 is 11.6. The van der Waals surface area contributed by atoms with Gasteiger partial charge in [-0.25, -0.2) is 91.7 Å². The van der Waals surface area contributed by atoms with E-state index < -0.39 is 116 Å². The number of Topliss-reactive ketones (excluding diaryl/α,β-unsaturated/α-hetero) is 7. The van der Waals surface area contributed by atoms with Crippen LogP contribution in [0.5, 0.6) is 11.5 Å². The van der Waals surface area contributed by atoms with Crippen LogP contribution in [0.15, 0.2) is 220 Å². The molecular formula is C108H108Cl2F8N14O16. The van der Waals surface area contributed by atoms with Crippen molar-refractivity contribution in [2.75, 3.05) is 60.5 Å². The van der Waals surface area contributed by atoms with Crippen LogP contribution in [-0.4, -0.2) is 206 Å². The number of benzene rings is 7.